The Kier molecular flexibility index (Phi) is 11.2. The van der Waals surface area contributed by atoms with Crippen LogP contribution in [-0.4, -0.2) is 44.3 Å². The zero-order valence-corrected chi connectivity index (χ0v) is 26.2. The van der Waals surface area contributed by atoms with Crippen molar-refractivity contribution in [1.82, 2.24) is 10.2 Å². The predicted octanol–water partition coefficient (Wildman–Crippen LogP) is 6.32. The molecule has 2 amide bonds. The number of carbonyl (C=O) groups is 2. The average Bonchev–Trinajstić information content (AvgIpc) is 3.04. The van der Waals surface area contributed by atoms with Gasteiger partial charge in [-0.3, -0.25) is 13.9 Å². The maximum absolute atomic E-state index is 14.1. The molecule has 4 aromatic carbocycles. The molecule has 0 radical (unpaired) electrons. The summed E-state index contributed by atoms with van der Waals surface area (Å²) in [5, 5.41) is 2.90. The highest BCUT2D eigenvalue weighted by Gasteiger charge is 2.32. The van der Waals surface area contributed by atoms with Crippen LogP contribution in [0.15, 0.2) is 114 Å². The van der Waals surface area contributed by atoms with Gasteiger partial charge in [0.15, 0.2) is 0 Å². The third-order valence-electron chi connectivity index (χ3n) is 7.18. The molecule has 1 N–H and O–H groups in total. The molecule has 0 unspecified atom stereocenters. The number of nitrogens with zero attached hydrogens (tertiary/aromatic N) is 2. The molecule has 4 rings (SSSR count). The van der Waals surface area contributed by atoms with Crippen molar-refractivity contribution in [3.8, 4) is 11.5 Å². The Hall–Kier alpha value is -4.63. The Morgan fingerprint density at radius 3 is 2.02 bits per heavy atom. The van der Waals surface area contributed by atoms with Crippen molar-refractivity contribution >= 4 is 27.5 Å². The molecule has 0 aliphatic rings. The lowest BCUT2D eigenvalue weighted by atomic mass is 10.1. The lowest BCUT2D eigenvalue weighted by Gasteiger charge is -2.32. The fourth-order valence-corrected chi connectivity index (χ4v) is 6.00. The number of benzene rings is 4. The summed E-state index contributed by atoms with van der Waals surface area (Å²) >= 11 is 0. The minimum Gasteiger partial charge on any atom is -0.457 e. The summed E-state index contributed by atoms with van der Waals surface area (Å²) in [4.78, 5) is 28.7. The Balaban J connectivity index is 1.66. The van der Waals surface area contributed by atoms with E-state index in [0.717, 1.165) is 28.3 Å². The number of hydrogen-bond donors (Lipinski definition) is 1. The number of hydrogen-bond acceptors (Lipinski definition) is 5. The topological polar surface area (TPSA) is 96.0 Å². The van der Waals surface area contributed by atoms with Gasteiger partial charge >= 0.3 is 0 Å². The van der Waals surface area contributed by atoms with Gasteiger partial charge in [-0.2, -0.15) is 0 Å². The van der Waals surface area contributed by atoms with Gasteiger partial charge in [-0.15, -0.1) is 0 Å². The molecule has 1 atom stereocenters. The summed E-state index contributed by atoms with van der Waals surface area (Å²) in [5.41, 5.74) is 2.19. The first kappa shape index (κ1) is 32.3. The van der Waals surface area contributed by atoms with Crippen LogP contribution in [-0.2, 0) is 26.2 Å². The van der Waals surface area contributed by atoms with E-state index in [1.165, 1.54) is 17.0 Å². The molecule has 0 aromatic heterocycles. The van der Waals surface area contributed by atoms with Crippen molar-refractivity contribution in [3.63, 3.8) is 0 Å². The van der Waals surface area contributed by atoms with Crippen LogP contribution in [0.5, 0.6) is 11.5 Å². The van der Waals surface area contributed by atoms with Crippen LogP contribution in [0.2, 0.25) is 0 Å². The minimum atomic E-state index is -4.15. The Morgan fingerprint density at radius 2 is 1.41 bits per heavy atom. The lowest BCUT2D eigenvalue weighted by Crippen LogP contribution is -2.51. The van der Waals surface area contributed by atoms with Gasteiger partial charge in [-0.05, 0) is 74.4 Å². The molecule has 0 aliphatic carbocycles. The molecule has 8 nitrogen and oxygen atoms in total. The molecule has 0 aliphatic heterocycles. The number of aryl methyl sites for hydroxylation is 1. The summed E-state index contributed by atoms with van der Waals surface area (Å²) in [6.07, 6.45) is 1.74. The monoisotopic (exact) mass is 613 g/mol. The van der Waals surface area contributed by atoms with E-state index in [1.54, 1.807) is 49.4 Å². The average molecular weight is 614 g/mol. The molecule has 9 heteroatoms. The van der Waals surface area contributed by atoms with Crippen molar-refractivity contribution < 1.29 is 22.7 Å². The molecular weight excluding hydrogens is 574 g/mol. The maximum Gasteiger partial charge on any atom is 0.264 e. The van der Waals surface area contributed by atoms with E-state index in [2.05, 4.69) is 5.32 Å². The smallest absolute Gasteiger partial charge is 0.264 e. The second-order valence-electron chi connectivity index (χ2n) is 10.6. The van der Waals surface area contributed by atoms with Gasteiger partial charge < -0.3 is 15.0 Å². The molecule has 0 saturated carbocycles. The van der Waals surface area contributed by atoms with Gasteiger partial charge in [0.2, 0.25) is 11.8 Å². The summed E-state index contributed by atoms with van der Waals surface area (Å²) in [6, 6.07) is 30.6. The van der Waals surface area contributed by atoms with Gasteiger partial charge in [0.05, 0.1) is 10.6 Å². The first-order valence-electron chi connectivity index (χ1n) is 14.7. The highest BCUT2D eigenvalue weighted by Crippen LogP contribution is 2.28. The van der Waals surface area contributed by atoms with Gasteiger partial charge in [0, 0.05) is 13.1 Å². The second-order valence-corrected chi connectivity index (χ2v) is 12.4. The third-order valence-corrected chi connectivity index (χ3v) is 8.97. The SMILES string of the molecule is CCCCNC(=O)[C@H](C)N(Cc1ccc(C)cc1)C(=O)CN(c1ccc(Oc2ccccc2)cc1)S(=O)(=O)c1ccccc1. The summed E-state index contributed by atoms with van der Waals surface area (Å²) in [6.45, 7) is 5.81. The predicted molar refractivity (Wildman–Crippen MR) is 173 cm³/mol. The van der Waals surface area contributed by atoms with Gasteiger partial charge in [-0.25, -0.2) is 8.42 Å². The Bertz CT molecular complexity index is 1610. The zero-order chi connectivity index (χ0) is 31.5. The van der Waals surface area contributed by atoms with E-state index in [1.807, 2.05) is 68.4 Å². The number of ether oxygens (including phenoxy) is 1. The van der Waals surface area contributed by atoms with Crippen LogP contribution < -0.4 is 14.4 Å². The highest BCUT2D eigenvalue weighted by molar-refractivity contribution is 7.92. The van der Waals surface area contributed by atoms with E-state index in [0.29, 0.717) is 18.0 Å². The van der Waals surface area contributed by atoms with Crippen molar-refractivity contribution in [2.75, 3.05) is 17.4 Å². The molecule has 0 fully saturated rings. The molecule has 230 valence electrons. The number of para-hydroxylation sites is 1. The molecule has 0 spiro atoms. The van der Waals surface area contributed by atoms with Crippen molar-refractivity contribution in [2.24, 2.45) is 0 Å². The summed E-state index contributed by atoms with van der Waals surface area (Å²) < 4.78 is 34.9. The van der Waals surface area contributed by atoms with E-state index < -0.39 is 28.5 Å². The van der Waals surface area contributed by atoms with Crippen molar-refractivity contribution in [2.45, 2.75) is 51.1 Å². The summed E-state index contributed by atoms with van der Waals surface area (Å²) in [5.74, 6) is 0.357. The standard InChI is InChI=1S/C35H39N3O5S/c1-4-5-24-36-35(40)28(3)37(25-29-18-16-27(2)17-19-29)34(39)26-38(44(41,42)33-14-10-7-11-15-33)30-20-22-32(23-21-30)43-31-12-8-6-9-13-31/h6-23,28H,4-5,24-26H2,1-3H3,(H,36,40)/t28-/m0/s1. The fraction of sp³-hybridized carbons (Fsp3) is 0.257. The quantitative estimate of drug-likeness (QED) is 0.168. The molecule has 0 saturated heterocycles. The molecule has 0 heterocycles. The minimum absolute atomic E-state index is 0.0489. The highest BCUT2D eigenvalue weighted by atomic mass is 32.2. The maximum atomic E-state index is 14.1. The van der Waals surface area contributed by atoms with E-state index in [4.69, 9.17) is 4.74 Å². The molecule has 0 bridgehead atoms. The van der Waals surface area contributed by atoms with E-state index in [9.17, 15) is 18.0 Å². The molecule has 4 aromatic rings. The van der Waals surface area contributed by atoms with Crippen LogP contribution >= 0.6 is 0 Å². The number of amides is 2. The van der Waals surface area contributed by atoms with Gasteiger partial charge in [0.1, 0.15) is 24.1 Å². The fourth-order valence-electron chi connectivity index (χ4n) is 4.56. The summed E-state index contributed by atoms with van der Waals surface area (Å²) in [7, 11) is -4.15. The largest absolute Gasteiger partial charge is 0.457 e. The number of rotatable bonds is 14. The Morgan fingerprint density at radius 1 is 0.818 bits per heavy atom. The van der Waals surface area contributed by atoms with Gasteiger partial charge in [0.25, 0.3) is 10.0 Å². The van der Waals surface area contributed by atoms with Gasteiger partial charge in [-0.1, -0.05) is 79.6 Å². The normalized spacial score (nSPS) is 11.8. The van der Waals surface area contributed by atoms with Crippen LogP contribution in [0, 0.1) is 6.92 Å². The molecular formula is C35H39N3O5S. The zero-order valence-electron chi connectivity index (χ0n) is 25.3. The van der Waals surface area contributed by atoms with Crippen LogP contribution in [0.3, 0.4) is 0 Å². The van der Waals surface area contributed by atoms with Crippen molar-refractivity contribution in [3.05, 3.63) is 120 Å². The molecule has 44 heavy (non-hydrogen) atoms. The van der Waals surface area contributed by atoms with Crippen molar-refractivity contribution in [1.29, 1.82) is 0 Å². The van der Waals surface area contributed by atoms with E-state index >= 15 is 0 Å². The number of unbranched alkanes of at least 4 members (excludes halogenated alkanes) is 1. The van der Waals surface area contributed by atoms with Crippen LogP contribution in [0.4, 0.5) is 5.69 Å². The van der Waals surface area contributed by atoms with E-state index in [-0.39, 0.29) is 23.0 Å². The Labute approximate surface area is 260 Å². The second kappa shape index (κ2) is 15.2. The number of nitrogens with one attached hydrogen (secondary N) is 1. The van der Waals surface area contributed by atoms with Crippen LogP contribution in [0.1, 0.15) is 37.8 Å². The van der Waals surface area contributed by atoms with Crippen LogP contribution in [0.25, 0.3) is 0 Å². The number of carbonyl (C=O) groups excluding carboxylic acids is 2. The number of anilines is 1. The number of sulfonamides is 1. The lowest BCUT2D eigenvalue weighted by molar-refractivity contribution is -0.139. The first-order chi connectivity index (χ1) is 21.2. The third kappa shape index (κ3) is 8.48. The first-order valence-corrected chi connectivity index (χ1v) is 16.2.